The molecule has 10 heteroatoms. The van der Waals surface area contributed by atoms with Gasteiger partial charge in [0.2, 0.25) is 0 Å². The molecule has 0 spiro atoms. The molecule has 19 heavy (non-hydrogen) atoms. The molecule has 0 saturated heterocycles. The normalized spacial score (nSPS) is 22.3. The van der Waals surface area contributed by atoms with E-state index < -0.39 is 32.1 Å². The summed E-state index contributed by atoms with van der Waals surface area (Å²) in [5.74, 6) is 0. The van der Waals surface area contributed by atoms with Gasteiger partial charge in [-0.1, -0.05) is 11.6 Å². The van der Waals surface area contributed by atoms with Crippen molar-refractivity contribution in [2.45, 2.75) is 12.5 Å². The molecule has 0 fully saturated rings. The fourth-order valence-electron chi connectivity index (χ4n) is 1.46. The van der Waals surface area contributed by atoms with E-state index in [0.29, 0.717) is 0 Å². The molecule has 1 aromatic heterocycles. The monoisotopic (exact) mass is 308 g/mol. The molecule has 0 aromatic carbocycles. The van der Waals surface area contributed by atoms with Crippen LogP contribution in [-0.4, -0.2) is 32.0 Å². The molecule has 2 rings (SSSR count). The highest BCUT2D eigenvalue weighted by atomic mass is 35.5. The van der Waals surface area contributed by atoms with Gasteiger partial charge in [-0.25, -0.2) is 4.79 Å². The molecule has 0 aliphatic carbocycles. The SMILES string of the molecule is O=c1[nH]c(=O)n(C2C=CC(OCP(O)O)O2)cc1Cl. The van der Waals surface area contributed by atoms with Gasteiger partial charge in [0.15, 0.2) is 20.9 Å². The summed E-state index contributed by atoms with van der Waals surface area (Å²) in [5.41, 5.74) is -1.35. The topological polar surface area (TPSA) is 114 Å². The van der Waals surface area contributed by atoms with Gasteiger partial charge in [-0.15, -0.1) is 0 Å². The third-order valence-corrected chi connectivity index (χ3v) is 2.91. The quantitative estimate of drug-likeness (QED) is 0.527. The van der Waals surface area contributed by atoms with Crippen molar-refractivity contribution in [2.24, 2.45) is 0 Å². The second-order valence-electron chi connectivity index (χ2n) is 3.59. The molecule has 3 N–H and O–H groups in total. The highest BCUT2D eigenvalue weighted by Crippen LogP contribution is 2.27. The van der Waals surface area contributed by atoms with Gasteiger partial charge in [0.05, 0.1) is 0 Å². The van der Waals surface area contributed by atoms with E-state index in [9.17, 15) is 9.59 Å². The third kappa shape index (κ3) is 3.50. The Morgan fingerprint density at radius 3 is 2.89 bits per heavy atom. The van der Waals surface area contributed by atoms with E-state index in [1.807, 2.05) is 4.98 Å². The molecule has 0 radical (unpaired) electrons. The molecule has 1 aliphatic heterocycles. The van der Waals surface area contributed by atoms with E-state index in [1.54, 1.807) is 0 Å². The lowest BCUT2D eigenvalue weighted by Crippen LogP contribution is -2.32. The molecule has 0 bridgehead atoms. The van der Waals surface area contributed by atoms with Crippen LogP contribution in [0.15, 0.2) is 27.9 Å². The number of H-pyrrole nitrogens is 1. The Morgan fingerprint density at radius 2 is 2.21 bits per heavy atom. The van der Waals surface area contributed by atoms with Gasteiger partial charge in [-0.2, -0.15) is 0 Å². The Morgan fingerprint density at radius 1 is 1.47 bits per heavy atom. The summed E-state index contributed by atoms with van der Waals surface area (Å²) in [6, 6.07) is 0. The van der Waals surface area contributed by atoms with Crippen LogP contribution in [0.5, 0.6) is 0 Å². The fraction of sp³-hybridized carbons (Fsp3) is 0.333. The maximum atomic E-state index is 11.6. The van der Waals surface area contributed by atoms with Gasteiger partial charge < -0.3 is 19.3 Å². The Labute approximate surface area is 112 Å². The van der Waals surface area contributed by atoms with E-state index in [2.05, 4.69) is 0 Å². The van der Waals surface area contributed by atoms with Crippen LogP contribution in [-0.2, 0) is 9.47 Å². The molecule has 2 heterocycles. The van der Waals surface area contributed by atoms with Gasteiger partial charge in [0.25, 0.3) is 5.56 Å². The maximum absolute atomic E-state index is 11.6. The predicted octanol–water partition coefficient (Wildman–Crippen LogP) is -0.128. The van der Waals surface area contributed by atoms with Gasteiger partial charge in [0.1, 0.15) is 11.4 Å². The van der Waals surface area contributed by atoms with Crippen molar-refractivity contribution >= 4 is 20.0 Å². The summed E-state index contributed by atoms with van der Waals surface area (Å²) in [6.07, 6.45) is 2.35. The Bertz CT molecular complexity index is 597. The van der Waals surface area contributed by atoms with Gasteiger partial charge in [0, 0.05) is 6.20 Å². The predicted molar refractivity (Wildman–Crippen MR) is 66.7 cm³/mol. The summed E-state index contributed by atoms with van der Waals surface area (Å²) >= 11 is 5.63. The zero-order chi connectivity index (χ0) is 14.0. The first-order chi connectivity index (χ1) is 8.97. The number of aromatic amines is 1. The molecule has 1 aromatic rings. The number of hydrogen-bond acceptors (Lipinski definition) is 6. The zero-order valence-corrected chi connectivity index (χ0v) is 11.0. The van der Waals surface area contributed by atoms with Crippen molar-refractivity contribution in [2.75, 3.05) is 6.35 Å². The fourth-order valence-corrected chi connectivity index (χ4v) is 1.89. The molecule has 104 valence electrons. The number of halogens is 1. The van der Waals surface area contributed by atoms with Crippen LogP contribution in [0, 0.1) is 0 Å². The number of ether oxygens (including phenoxy) is 2. The van der Waals surface area contributed by atoms with Crippen molar-refractivity contribution in [3.8, 4) is 0 Å². The molecule has 0 saturated carbocycles. The second kappa shape index (κ2) is 5.96. The van der Waals surface area contributed by atoms with Crippen molar-refractivity contribution < 1.29 is 19.3 Å². The van der Waals surface area contributed by atoms with Crippen molar-refractivity contribution in [3.05, 3.63) is 44.2 Å². The van der Waals surface area contributed by atoms with E-state index in [-0.39, 0.29) is 11.4 Å². The molecule has 8 nitrogen and oxygen atoms in total. The van der Waals surface area contributed by atoms with Crippen LogP contribution in [0.25, 0.3) is 0 Å². The van der Waals surface area contributed by atoms with E-state index >= 15 is 0 Å². The van der Waals surface area contributed by atoms with Crippen LogP contribution in [0.4, 0.5) is 0 Å². The lowest BCUT2D eigenvalue weighted by Gasteiger charge is -2.16. The summed E-state index contributed by atoms with van der Waals surface area (Å²) in [5, 5.41) is -0.143. The Hall–Kier alpha value is -1.02. The number of nitrogens with one attached hydrogen (secondary N) is 1. The lowest BCUT2D eigenvalue weighted by molar-refractivity contribution is -0.126. The van der Waals surface area contributed by atoms with Crippen LogP contribution in [0.3, 0.4) is 0 Å². The summed E-state index contributed by atoms with van der Waals surface area (Å²) in [4.78, 5) is 42.1. The molecule has 0 amide bonds. The van der Waals surface area contributed by atoms with Crippen LogP contribution in [0.2, 0.25) is 5.02 Å². The van der Waals surface area contributed by atoms with Crippen LogP contribution >= 0.6 is 20.0 Å². The van der Waals surface area contributed by atoms with Gasteiger partial charge in [-0.05, 0) is 12.2 Å². The van der Waals surface area contributed by atoms with E-state index in [0.717, 1.165) is 10.8 Å². The average Bonchev–Trinajstić information content (AvgIpc) is 2.80. The van der Waals surface area contributed by atoms with E-state index in [4.69, 9.17) is 30.9 Å². The molecule has 2 atom stereocenters. The number of rotatable bonds is 4. The van der Waals surface area contributed by atoms with Gasteiger partial charge >= 0.3 is 5.69 Å². The highest BCUT2D eigenvalue weighted by molar-refractivity contribution is 7.44. The Kier molecular flexibility index (Phi) is 4.51. The number of hydrogen-bond donors (Lipinski definition) is 3. The molecule has 1 aliphatic rings. The van der Waals surface area contributed by atoms with Crippen LogP contribution < -0.4 is 11.2 Å². The minimum atomic E-state index is -2.17. The third-order valence-electron chi connectivity index (χ3n) is 2.26. The molecular formula is C9H10ClN2O6P. The maximum Gasteiger partial charge on any atom is 0.330 e. The highest BCUT2D eigenvalue weighted by Gasteiger charge is 2.23. The number of nitrogens with zero attached hydrogens (tertiary/aromatic N) is 1. The number of aromatic nitrogens is 2. The van der Waals surface area contributed by atoms with E-state index in [1.165, 1.54) is 12.2 Å². The van der Waals surface area contributed by atoms with Crippen molar-refractivity contribution in [1.82, 2.24) is 9.55 Å². The largest absolute Gasteiger partial charge is 0.348 e. The van der Waals surface area contributed by atoms with Crippen LogP contribution in [0.1, 0.15) is 6.23 Å². The first-order valence-corrected chi connectivity index (χ1v) is 6.90. The second-order valence-corrected chi connectivity index (χ2v) is 5.00. The summed E-state index contributed by atoms with van der Waals surface area (Å²) < 4.78 is 11.4. The summed E-state index contributed by atoms with van der Waals surface area (Å²) in [6.45, 7) is 0. The Balaban J connectivity index is 2.10. The van der Waals surface area contributed by atoms with Crippen molar-refractivity contribution in [3.63, 3.8) is 0 Å². The first kappa shape index (κ1) is 14.4. The minimum Gasteiger partial charge on any atom is -0.348 e. The lowest BCUT2D eigenvalue weighted by atomic mass is 10.5. The standard InChI is InChI=1S/C9H10ClN2O6P/c10-5-3-12(9(14)11-8(5)13)6-1-2-7(18-6)17-4-19(15)16/h1-3,6-7,15-16H,4H2,(H,11,13,14). The minimum absolute atomic E-state index is 0.143. The first-order valence-electron chi connectivity index (χ1n) is 5.09. The molecule has 2 unspecified atom stereocenters. The van der Waals surface area contributed by atoms with Crippen molar-refractivity contribution in [1.29, 1.82) is 0 Å². The summed E-state index contributed by atoms with van der Waals surface area (Å²) in [7, 11) is -2.17. The smallest absolute Gasteiger partial charge is 0.330 e. The molecular weight excluding hydrogens is 299 g/mol. The van der Waals surface area contributed by atoms with Gasteiger partial charge in [-0.3, -0.25) is 14.3 Å². The zero-order valence-electron chi connectivity index (χ0n) is 9.39. The average molecular weight is 309 g/mol.